The average Bonchev–Trinajstić information content (AvgIpc) is 2.06. The van der Waals surface area contributed by atoms with Crippen LogP contribution in [-0.4, -0.2) is 54.1 Å². The summed E-state index contributed by atoms with van der Waals surface area (Å²) in [6, 6.07) is 0. The molecule has 5 nitrogen and oxygen atoms in total. The molecule has 0 aromatic rings. The second-order valence-electron chi connectivity index (χ2n) is 3.16. The van der Waals surface area contributed by atoms with Crippen molar-refractivity contribution in [2.75, 3.05) is 26.7 Å². The van der Waals surface area contributed by atoms with E-state index in [1.165, 1.54) is 16.7 Å². The third-order valence-corrected chi connectivity index (χ3v) is 1.94. The summed E-state index contributed by atoms with van der Waals surface area (Å²) < 4.78 is 0. The highest BCUT2D eigenvalue weighted by molar-refractivity contribution is 6.35. The highest BCUT2D eigenvalue weighted by Crippen LogP contribution is 2.02. The fourth-order valence-electron chi connectivity index (χ4n) is 1.19. The van der Waals surface area contributed by atoms with E-state index in [2.05, 4.69) is 0 Å². The van der Waals surface area contributed by atoms with E-state index in [9.17, 15) is 14.4 Å². The van der Waals surface area contributed by atoms with Gasteiger partial charge in [-0.3, -0.25) is 14.4 Å². The van der Waals surface area contributed by atoms with Crippen LogP contribution in [-0.2, 0) is 14.4 Å². The fourth-order valence-corrected chi connectivity index (χ4v) is 1.19. The second kappa shape index (κ2) is 3.55. The molecule has 0 aromatic carbocycles. The number of carbonyl (C=O) groups is 3. The maximum absolute atomic E-state index is 11.3. The van der Waals surface area contributed by atoms with Crippen molar-refractivity contribution in [3.05, 3.63) is 0 Å². The summed E-state index contributed by atoms with van der Waals surface area (Å²) in [6.07, 6.45) is 0. The van der Waals surface area contributed by atoms with Gasteiger partial charge in [-0.15, -0.1) is 0 Å². The summed E-state index contributed by atoms with van der Waals surface area (Å²) in [7, 11) is 1.57. The zero-order chi connectivity index (χ0) is 10.0. The first-order chi connectivity index (χ1) is 6.02. The molecule has 72 valence electrons. The number of nitrogens with zero attached hydrogens (tertiary/aromatic N) is 2. The number of rotatable bonds is 2. The Bertz CT molecular complexity index is 262. The van der Waals surface area contributed by atoms with E-state index in [4.69, 9.17) is 0 Å². The minimum atomic E-state index is -0.580. The molecule has 0 atom stereocenters. The monoisotopic (exact) mass is 184 g/mol. The van der Waals surface area contributed by atoms with E-state index in [1.54, 1.807) is 7.05 Å². The molecule has 0 bridgehead atoms. The smallest absolute Gasteiger partial charge is 0.312 e. The van der Waals surface area contributed by atoms with Crippen molar-refractivity contribution >= 4 is 17.6 Å². The van der Waals surface area contributed by atoms with Crippen molar-refractivity contribution in [3.8, 4) is 0 Å². The zero-order valence-corrected chi connectivity index (χ0v) is 7.74. The van der Waals surface area contributed by atoms with Crippen molar-refractivity contribution in [1.29, 1.82) is 0 Å². The standard InChI is InChI=1S/C8H12N2O3/c1-6(11)5-10-4-3-9(2)7(12)8(10)13/h3-5H2,1-2H3. The van der Waals surface area contributed by atoms with Crippen LogP contribution in [0.1, 0.15) is 6.92 Å². The Kier molecular flexibility index (Phi) is 2.65. The van der Waals surface area contributed by atoms with Crippen molar-refractivity contribution in [2.45, 2.75) is 6.92 Å². The molecule has 1 fully saturated rings. The number of piperazine rings is 1. The zero-order valence-electron chi connectivity index (χ0n) is 7.74. The number of carbonyl (C=O) groups excluding carboxylic acids is 3. The molecule has 0 aromatic heterocycles. The summed E-state index contributed by atoms with van der Waals surface area (Å²) in [4.78, 5) is 35.8. The quantitative estimate of drug-likeness (QED) is 0.510. The average molecular weight is 184 g/mol. The number of hydrogen-bond acceptors (Lipinski definition) is 3. The molecule has 2 amide bonds. The van der Waals surface area contributed by atoms with Crippen LogP contribution in [0.15, 0.2) is 0 Å². The number of Topliss-reactive ketones (excluding diaryl/α,β-unsaturated/α-hetero) is 1. The second-order valence-corrected chi connectivity index (χ2v) is 3.16. The SMILES string of the molecule is CC(=O)CN1CCN(C)C(=O)C1=O. The van der Waals surface area contributed by atoms with Gasteiger partial charge in [0.25, 0.3) is 0 Å². The van der Waals surface area contributed by atoms with Gasteiger partial charge < -0.3 is 9.80 Å². The van der Waals surface area contributed by atoms with Crippen LogP contribution in [0.3, 0.4) is 0 Å². The van der Waals surface area contributed by atoms with Gasteiger partial charge >= 0.3 is 11.8 Å². The number of amides is 2. The van der Waals surface area contributed by atoms with Gasteiger partial charge in [0.05, 0.1) is 6.54 Å². The number of likely N-dealkylation sites (N-methyl/N-ethyl adjacent to an activating group) is 1. The molecule has 1 saturated heterocycles. The van der Waals surface area contributed by atoms with E-state index in [0.717, 1.165) is 0 Å². The van der Waals surface area contributed by atoms with E-state index in [1.807, 2.05) is 0 Å². The molecule has 0 unspecified atom stereocenters. The van der Waals surface area contributed by atoms with Crippen molar-refractivity contribution in [2.24, 2.45) is 0 Å². The Hall–Kier alpha value is -1.39. The molecule has 0 N–H and O–H groups in total. The topological polar surface area (TPSA) is 57.7 Å². The van der Waals surface area contributed by atoms with Crippen molar-refractivity contribution in [3.63, 3.8) is 0 Å². The normalized spacial score (nSPS) is 18.0. The van der Waals surface area contributed by atoms with Gasteiger partial charge in [0, 0.05) is 20.1 Å². The molecule has 5 heteroatoms. The summed E-state index contributed by atoms with van der Waals surface area (Å²) >= 11 is 0. The highest BCUT2D eigenvalue weighted by Gasteiger charge is 2.30. The minimum Gasteiger partial charge on any atom is -0.336 e. The third kappa shape index (κ3) is 2.05. The van der Waals surface area contributed by atoms with E-state index in [0.29, 0.717) is 13.1 Å². The maximum atomic E-state index is 11.3. The Balaban J connectivity index is 2.64. The molecule has 0 saturated carbocycles. The lowest BCUT2D eigenvalue weighted by atomic mass is 10.3. The molecule has 13 heavy (non-hydrogen) atoms. The molecular formula is C8H12N2O3. The van der Waals surface area contributed by atoms with Crippen molar-refractivity contribution < 1.29 is 14.4 Å². The molecule has 1 aliphatic heterocycles. The summed E-state index contributed by atoms with van der Waals surface area (Å²) in [6.45, 7) is 2.38. The third-order valence-electron chi connectivity index (χ3n) is 1.94. The Morgan fingerprint density at radius 2 is 1.92 bits per heavy atom. The van der Waals surface area contributed by atoms with Crippen LogP contribution in [0.4, 0.5) is 0 Å². The van der Waals surface area contributed by atoms with E-state index >= 15 is 0 Å². The molecule has 1 aliphatic rings. The summed E-state index contributed by atoms with van der Waals surface area (Å²) in [5.74, 6) is -1.22. The molecule has 1 rings (SSSR count). The largest absolute Gasteiger partial charge is 0.336 e. The summed E-state index contributed by atoms with van der Waals surface area (Å²) in [5, 5.41) is 0. The highest BCUT2D eigenvalue weighted by atomic mass is 16.2. The van der Waals surface area contributed by atoms with Crippen LogP contribution in [0.2, 0.25) is 0 Å². The fraction of sp³-hybridized carbons (Fsp3) is 0.625. The van der Waals surface area contributed by atoms with Crippen molar-refractivity contribution in [1.82, 2.24) is 9.80 Å². The first kappa shape index (κ1) is 9.70. The number of hydrogen-bond donors (Lipinski definition) is 0. The Morgan fingerprint density at radius 3 is 2.46 bits per heavy atom. The van der Waals surface area contributed by atoms with Crippen LogP contribution < -0.4 is 0 Å². The maximum Gasteiger partial charge on any atom is 0.312 e. The molecule has 0 aliphatic carbocycles. The van der Waals surface area contributed by atoms with Crippen LogP contribution in [0.25, 0.3) is 0 Å². The Labute approximate surface area is 76.3 Å². The molecule has 0 spiro atoms. The lowest BCUT2D eigenvalue weighted by molar-refractivity contribution is -0.155. The van der Waals surface area contributed by atoms with Gasteiger partial charge in [0.2, 0.25) is 0 Å². The Morgan fingerprint density at radius 1 is 1.31 bits per heavy atom. The summed E-state index contributed by atoms with van der Waals surface area (Å²) in [5.41, 5.74) is 0. The first-order valence-corrected chi connectivity index (χ1v) is 4.06. The lowest BCUT2D eigenvalue weighted by Gasteiger charge is -2.30. The van der Waals surface area contributed by atoms with E-state index < -0.39 is 11.8 Å². The molecule has 0 radical (unpaired) electrons. The minimum absolute atomic E-state index is 0.0401. The van der Waals surface area contributed by atoms with Gasteiger partial charge in [0.1, 0.15) is 5.78 Å². The van der Waals surface area contributed by atoms with E-state index in [-0.39, 0.29) is 12.3 Å². The van der Waals surface area contributed by atoms with Gasteiger partial charge in [-0.05, 0) is 6.92 Å². The predicted octanol–water partition coefficient (Wildman–Crippen LogP) is -1.12. The lowest BCUT2D eigenvalue weighted by Crippen LogP contribution is -2.53. The number of ketones is 1. The molecule has 1 heterocycles. The van der Waals surface area contributed by atoms with Gasteiger partial charge in [0.15, 0.2) is 0 Å². The van der Waals surface area contributed by atoms with Crippen LogP contribution >= 0.6 is 0 Å². The predicted molar refractivity (Wildman–Crippen MR) is 44.9 cm³/mol. The van der Waals surface area contributed by atoms with Gasteiger partial charge in [-0.1, -0.05) is 0 Å². The van der Waals surface area contributed by atoms with Gasteiger partial charge in [-0.25, -0.2) is 0 Å². The first-order valence-electron chi connectivity index (χ1n) is 4.06. The van der Waals surface area contributed by atoms with Crippen LogP contribution in [0, 0.1) is 0 Å². The van der Waals surface area contributed by atoms with Crippen LogP contribution in [0.5, 0.6) is 0 Å². The molecular weight excluding hydrogens is 172 g/mol. The van der Waals surface area contributed by atoms with Gasteiger partial charge in [-0.2, -0.15) is 0 Å².